The molecule has 0 fully saturated rings. The first kappa shape index (κ1) is 21.7. The topological polar surface area (TPSA) is 55.0 Å². The van der Waals surface area contributed by atoms with E-state index >= 15 is 0 Å². The maximum absolute atomic E-state index is 12.8. The third kappa shape index (κ3) is 5.31. The van der Waals surface area contributed by atoms with Gasteiger partial charge in [0, 0.05) is 32.7 Å². The third-order valence-corrected chi connectivity index (χ3v) is 4.30. The molecule has 2 aromatic rings. The number of nitrogens with zero attached hydrogens (tertiary/aromatic N) is 2. The fraction of sp³-hybridized carbons (Fsp3) is 0.200. The van der Waals surface area contributed by atoms with Crippen LogP contribution in [-0.4, -0.2) is 17.6 Å². The minimum atomic E-state index is -2.66. The summed E-state index contributed by atoms with van der Waals surface area (Å²) in [5.41, 5.74) is 0.300. The van der Waals surface area contributed by atoms with Crippen LogP contribution < -0.4 is 10.3 Å². The van der Waals surface area contributed by atoms with Gasteiger partial charge in [-0.3, -0.25) is 4.79 Å². The van der Waals surface area contributed by atoms with E-state index in [1.165, 1.54) is 6.07 Å². The molecule has 0 spiro atoms. The number of pyridine rings is 1. The van der Waals surface area contributed by atoms with Crippen molar-refractivity contribution in [3.05, 3.63) is 48.7 Å². The molecular weight excluding hydrogens is 574 g/mol. The summed E-state index contributed by atoms with van der Waals surface area (Å²) in [5, 5.41) is 8.50. The van der Waals surface area contributed by atoms with Crippen molar-refractivity contribution in [1.29, 1.82) is 5.26 Å². The Labute approximate surface area is 184 Å². The third-order valence-electron chi connectivity index (χ3n) is 2.87. The molecule has 2 rings (SSSR count). The fourth-order valence-electron chi connectivity index (χ4n) is 1.93. The van der Waals surface area contributed by atoms with Crippen molar-refractivity contribution >= 4 is 38.5 Å². The molecule has 24 heavy (non-hydrogen) atoms. The maximum atomic E-state index is 12.8. The average Bonchev–Trinajstić information content (AvgIpc) is 2.50. The van der Waals surface area contributed by atoms with Gasteiger partial charge in [-0.1, -0.05) is 27.2 Å². The van der Waals surface area contributed by atoms with Crippen molar-refractivity contribution in [2.45, 2.75) is 13.0 Å². The van der Waals surface area contributed by atoms with Gasteiger partial charge in [0.25, 0.3) is 6.43 Å². The van der Waals surface area contributed by atoms with E-state index in [0.717, 1.165) is 4.57 Å². The van der Waals surface area contributed by atoms with E-state index in [1.807, 2.05) is 6.07 Å². The number of hydrogen-bond acceptors (Lipinski definition) is 3. The zero-order valence-electron chi connectivity index (χ0n) is 12.1. The van der Waals surface area contributed by atoms with Gasteiger partial charge in [0.2, 0.25) is 5.56 Å². The van der Waals surface area contributed by atoms with Crippen LogP contribution in [0.2, 0.25) is 0 Å². The van der Waals surface area contributed by atoms with Gasteiger partial charge in [-0.05, 0) is 20.2 Å². The summed E-state index contributed by atoms with van der Waals surface area (Å²) in [6.45, 7) is -0.807. The zero-order chi connectivity index (χ0) is 17.0. The van der Waals surface area contributed by atoms with Gasteiger partial charge in [-0.2, -0.15) is 17.4 Å². The van der Waals surface area contributed by atoms with Gasteiger partial charge in [0.1, 0.15) is 11.8 Å². The van der Waals surface area contributed by atoms with E-state index in [4.69, 9.17) is 10.00 Å². The summed E-state index contributed by atoms with van der Waals surface area (Å²) in [4.78, 5) is 12.1. The molecule has 0 aliphatic heterocycles. The number of ether oxygens (including phenoxy) is 1. The molecule has 9 heteroatoms. The molecule has 4 nitrogen and oxygen atoms in total. The summed E-state index contributed by atoms with van der Waals surface area (Å²) in [6.07, 6.45) is -2.66. The van der Waals surface area contributed by atoms with Crippen LogP contribution >= 0.6 is 38.5 Å². The van der Waals surface area contributed by atoms with Crippen molar-refractivity contribution in [3.8, 4) is 23.1 Å². The van der Waals surface area contributed by atoms with E-state index < -0.39 is 18.5 Å². The normalized spacial score (nSPS) is 10.2. The van der Waals surface area contributed by atoms with E-state index in [9.17, 15) is 13.6 Å². The van der Waals surface area contributed by atoms with Crippen molar-refractivity contribution in [2.75, 3.05) is 6.61 Å². The number of nitriles is 1. The molecule has 0 saturated carbocycles. The molecule has 123 valence electrons. The van der Waals surface area contributed by atoms with Gasteiger partial charge >= 0.3 is 0 Å². The first-order valence-electron chi connectivity index (χ1n) is 6.33. The first-order chi connectivity index (χ1) is 10.9. The SMILES string of the molecule is N#CCOc1ccc(-c2[c-]cc(I)c(=O)n2CC(F)F)c(Br)c1.[Y]. The molecule has 1 radical (unpaired) electrons. The Bertz CT molecular complexity index is 824. The molecular formula is C15H9BrF2IN2O2Y-. The molecule has 0 amide bonds. The summed E-state index contributed by atoms with van der Waals surface area (Å²) < 4.78 is 32.6. The molecule has 0 unspecified atom stereocenters. The Morgan fingerprint density at radius 3 is 2.75 bits per heavy atom. The second-order valence-corrected chi connectivity index (χ2v) is 6.40. The Morgan fingerprint density at radius 1 is 1.46 bits per heavy atom. The fourth-order valence-corrected chi connectivity index (χ4v) is 2.92. The largest absolute Gasteiger partial charge is 0.479 e. The van der Waals surface area contributed by atoms with Gasteiger partial charge in [0.05, 0.1) is 6.54 Å². The van der Waals surface area contributed by atoms with E-state index in [0.29, 0.717) is 19.4 Å². The molecule has 1 aromatic carbocycles. The molecule has 1 aromatic heterocycles. The van der Waals surface area contributed by atoms with Crippen LogP contribution in [-0.2, 0) is 39.3 Å². The zero-order valence-corrected chi connectivity index (χ0v) is 18.7. The molecule has 1 heterocycles. The summed E-state index contributed by atoms with van der Waals surface area (Å²) in [6, 6.07) is 11.0. The smallest absolute Gasteiger partial charge is 0.256 e. The maximum Gasteiger partial charge on any atom is 0.256 e. The Hall–Kier alpha value is -0.366. The predicted molar refractivity (Wildman–Crippen MR) is 92.5 cm³/mol. The minimum absolute atomic E-state index is 0. The Balaban J connectivity index is 0.00000288. The van der Waals surface area contributed by atoms with Crippen LogP contribution in [0.4, 0.5) is 8.78 Å². The van der Waals surface area contributed by atoms with E-state index in [2.05, 4.69) is 22.0 Å². The van der Waals surface area contributed by atoms with Gasteiger partial charge in [0.15, 0.2) is 6.61 Å². The van der Waals surface area contributed by atoms with Gasteiger partial charge in [-0.25, -0.2) is 8.78 Å². The van der Waals surface area contributed by atoms with Crippen LogP contribution in [0.5, 0.6) is 5.75 Å². The van der Waals surface area contributed by atoms with Gasteiger partial charge in [-0.15, -0.1) is 28.7 Å². The number of rotatable bonds is 5. The minimum Gasteiger partial charge on any atom is -0.479 e. The first-order valence-corrected chi connectivity index (χ1v) is 8.20. The Morgan fingerprint density at radius 2 is 2.17 bits per heavy atom. The van der Waals surface area contributed by atoms with Crippen molar-refractivity contribution in [1.82, 2.24) is 4.57 Å². The second kappa shape index (κ2) is 9.95. The molecule has 0 aliphatic rings. The monoisotopic (exact) mass is 582 g/mol. The number of hydrogen-bond donors (Lipinski definition) is 0. The van der Waals surface area contributed by atoms with Crippen LogP contribution in [0, 0.1) is 21.0 Å². The summed E-state index contributed by atoms with van der Waals surface area (Å²) in [5.74, 6) is 0.454. The molecule has 0 aliphatic carbocycles. The van der Waals surface area contributed by atoms with Crippen molar-refractivity contribution < 1.29 is 46.2 Å². The molecule has 0 saturated heterocycles. The standard InChI is InChI=1S/C15H9BrF2IN2O2.Y/c16-11-7-9(23-6-5-20)1-2-10(11)13-4-3-12(19)15(22)21(13)8-14(17)18;/h1-3,7,14H,6,8H2;/q-1;. The second-order valence-electron chi connectivity index (χ2n) is 4.38. The van der Waals surface area contributed by atoms with Gasteiger partial charge < -0.3 is 9.30 Å². The summed E-state index contributed by atoms with van der Waals surface area (Å²) >= 11 is 5.12. The van der Waals surface area contributed by atoms with Crippen molar-refractivity contribution in [3.63, 3.8) is 0 Å². The average molecular weight is 583 g/mol. The van der Waals surface area contributed by atoms with Crippen molar-refractivity contribution in [2.24, 2.45) is 0 Å². The van der Waals surface area contributed by atoms with Crippen LogP contribution in [0.1, 0.15) is 0 Å². The van der Waals surface area contributed by atoms with Crippen LogP contribution in [0.3, 0.4) is 0 Å². The molecule has 0 N–H and O–H groups in total. The quantitative estimate of drug-likeness (QED) is 0.398. The summed E-state index contributed by atoms with van der Waals surface area (Å²) in [7, 11) is 0. The molecule has 0 bridgehead atoms. The predicted octanol–water partition coefficient (Wildman–Crippen LogP) is 3.85. The van der Waals surface area contributed by atoms with Crippen LogP contribution in [0.15, 0.2) is 33.5 Å². The molecule has 0 atom stereocenters. The Kier molecular flexibility index (Phi) is 8.98. The van der Waals surface area contributed by atoms with Crippen LogP contribution in [0.25, 0.3) is 11.3 Å². The van der Waals surface area contributed by atoms with E-state index in [1.54, 1.807) is 40.8 Å². The van der Waals surface area contributed by atoms with E-state index in [-0.39, 0.29) is 45.0 Å². The number of benzene rings is 1. The number of halogens is 4. The number of alkyl halides is 2. The number of aromatic nitrogens is 1.